The largest absolute Gasteiger partial charge is 0.494 e. The molecule has 0 saturated heterocycles. The van der Waals surface area contributed by atoms with Gasteiger partial charge < -0.3 is 15.4 Å². The van der Waals surface area contributed by atoms with E-state index in [0.717, 1.165) is 5.75 Å². The van der Waals surface area contributed by atoms with E-state index in [9.17, 15) is 18.0 Å². The van der Waals surface area contributed by atoms with Gasteiger partial charge in [-0.3, -0.25) is 4.79 Å². The molecule has 0 atom stereocenters. The van der Waals surface area contributed by atoms with Crippen molar-refractivity contribution >= 4 is 5.91 Å². The molecule has 0 bridgehead atoms. The maximum atomic E-state index is 11.8. The monoisotopic (exact) mass is 290 g/mol. The van der Waals surface area contributed by atoms with E-state index in [4.69, 9.17) is 4.74 Å². The summed E-state index contributed by atoms with van der Waals surface area (Å²) in [6.07, 6.45) is -3.72. The molecule has 112 valence electrons. The number of alkyl halides is 3. The molecule has 1 aromatic rings. The Morgan fingerprint density at radius 3 is 2.55 bits per heavy atom. The molecule has 0 aliphatic heterocycles. The number of para-hydroxylation sites is 1. The molecule has 0 heterocycles. The van der Waals surface area contributed by atoms with E-state index in [0.29, 0.717) is 19.6 Å². The highest BCUT2D eigenvalue weighted by Gasteiger charge is 2.27. The van der Waals surface area contributed by atoms with Gasteiger partial charge in [-0.2, -0.15) is 13.2 Å². The lowest BCUT2D eigenvalue weighted by Crippen LogP contribution is -2.39. The summed E-state index contributed by atoms with van der Waals surface area (Å²) in [4.78, 5) is 11.0. The number of carbonyl (C=O) groups is 1. The van der Waals surface area contributed by atoms with Gasteiger partial charge in [0.2, 0.25) is 5.91 Å². The third-order valence-corrected chi connectivity index (χ3v) is 2.28. The van der Waals surface area contributed by atoms with E-state index >= 15 is 0 Å². The van der Waals surface area contributed by atoms with Gasteiger partial charge in [0.05, 0.1) is 13.2 Å². The van der Waals surface area contributed by atoms with Gasteiger partial charge >= 0.3 is 6.18 Å². The minimum Gasteiger partial charge on any atom is -0.494 e. The van der Waals surface area contributed by atoms with Crippen LogP contribution in [0.25, 0.3) is 0 Å². The van der Waals surface area contributed by atoms with Crippen molar-refractivity contribution < 1.29 is 22.7 Å². The zero-order valence-corrected chi connectivity index (χ0v) is 10.9. The average Bonchev–Trinajstić information content (AvgIpc) is 2.41. The van der Waals surface area contributed by atoms with E-state index in [1.807, 2.05) is 30.3 Å². The van der Waals surface area contributed by atoms with Crippen LogP contribution in [0.2, 0.25) is 0 Å². The minimum atomic E-state index is -4.38. The van der Waals surface area contributed by atoms with E-state index in [1.165, 1.54) is 0 Å². The van der Waals surface area contributed by atoms with Crippen LogP contribution in [0.5, 0.6) is 5.75 Å². The minimum absolute atomic E-state index is 0.137. The first kappa shape index (κ1) is 16.3. The molecule has 20 heavy (non-hydrogen) atoms. The Morgan fingerprint density at radius 2 is 1.90 bits per heavy atom. The number of benzene rings is 1. The summed E-state index contributed by atoms with van der Waals surface area (Å²) in [5.41, 5.74) is 0. The summed E-state index contributed by atoms with van der Waals surface area (Å²) < 4.78 is 40.9. The molecule has 4 nitrogen and oxygen atoms in total. The highest BCUT2D eigenvalue weighted by Crippen LogP contribution is 2.11. The molecule has 2 N–H and O–H groups in total. The normalized spacial score (nSPS) is 11.2. The Hall–Kier alpha value is -1.76. The number of ether oxygens (including phenoxy) is 1. The van der Waals surface area contributed by atoms with Gasteiger partial charge in [0.15, 0.2) is 0 Å². The van der Waals surface area contributed by atoms with E-state index in [-0.39, 0.29) is 6.54 Å². The van der Waals surface area contributed by atoms with Gasteiger partial charge in [0.25, 0.3) is 0 Å². The lowest BCUT2D eigenvalue weighted by Gasteiger charge is -2.09. The number of rotatable bonds is 8. The van der Waals surface area contributed by atoms with Crippen LogP contribution < -0.4 is 15.4 Å². The van der Waals surface area contributed by atoms with Crippen molar-refractivity contribution in [2.45, 2.75) is 12.6 Å². The van der Waals surface area contributed by atoms with E-state index in [1.54, 1.807) is 5.32 Å². The Morgan fingerprint density at radius 1 is 1.20 bits per heavy atom. The first-order valence-electron chi connectivity index (χ1n) is 6.19. The van der Waals surface area contributed by atoms with Crippen LogP contribution in [-0.4, -0.2) is 38.3 Å². The molecule has 0 aliphatic carbocycles. The van der Waals surface area contributed by atoms with Gasteiger partial charge in [-0.25, -0.2) is 0 Å². The summed E-state index contributed by atoms with van der Waals surface area (Å²) in [7, 11) is 0. The van der Waals surface area contributed by atoms with Crippen molar-refractivity contribution in [3.8, 4) is 5.75 Å². The van der Waals surface area contributed by atoms with Crippen LogP contribution in [-0.2, 0) is 4.79 Å². The molecule has 1 aromatic carbocycles. The highest BCUT2D eigenvalue weighted by atomic mass is 19.4. The van der Waals surface area contributed by atoms with Crippen molar-refractivity contribution in [1.82, 2.24) is 10.6 Å². The zero-order valence-electron chi connectivity index (χ0n) is 10.9. The third-order valence-electron chi connectivity index (χ3n) is 2.28. The summed E-state index contributed by atoms with van der Waals surface area (Å²) >= 11 is 0. The predicted octanol–water partition coefficient (Wildman–Crippen LogP) is 1.72. The Balaban J connectivity index is 1.98. The molecule has 0 spiro atoms. The number of amides is 1. The first-order chi connectivity index (χ1) is 9.47. The van der Waals surface area contributed by atoms with Gasteiger partial charge in [0.1, 0.15) is 12.3 Å². The summed E-state index contributed by atoms with van der Waals surface area (Å²) in [6.45, 7) is -0.473. The van der Waals surface area contributed by atoms with Gasteiger partial charge in [-0.15, -0.1) is 0 Å². The second-order valence-corrected chi connectivity index (χ2v) is 4.08. The summed E-state index contributed by atoms with van der Waals surface area (Å²) in [5.74, 6) is 0.0849. The molecule has 0 aromatic heterocycles. The smallest absolute Gasteiger partial charge is 0.405 e. The maximum Gasteiger partial charge on any atom is 0.405 e. The Kier molecular flexibility index (Phi) is 6.86. The van der Waals surface area contributed by atoms with Crippen molar-refractivity contribution in [2.24, 2.45) is 0 Å². The van der Waals surface area contributed by atoms with Crippen molar-refractivity contribution in [2.75, 3.05) is 26.2 Å². The lowest BCUT2D eigenvalue weighted by molar-refractivity contribution is -0.137. The molecule has 0 unspecified atom stereocenters. The topological polar surface area (TPSA) is 50.4 Å². The van der Waals surface area contributed by atoms with E-state index < -0.39 is 18.6 Å². The fourth-order valence-corrected chi connectivity index (χ4v) is 1.37. The van der Waals surface area contributed by atoms with Crippen molar-refractivity contribution in [3.63, 3.8) is 0 Å². The standard InChI is InChI=1S/C13H17F3N2O2/c14-13(15,16)10-18-12(19)9-17-7-4-8-20-11-5-2-1-3-6-11/h1-3,5-6,17H,4,7-10H2,(H,18,19). The van der Waals surface area contributed by atoms with Crippen LogP contribution in [0.3, 0.4) is 0 Å². The number of hydrogen-bond donors (Lipinski definition) is 2. The molecular formula is C13H17F3N2O2. The van der Waals surface area contributed by atoms with Gasteiger partial charge in [-0.1, -0.05) is 18.2 Å². The average molecular weight is 290 g/mol. The molecule has 7 heteroatoms. The molecule has 1 rings (SSSR count). The van der Waals surface area contributed by atoms with Crippen LogP contribution in [0.1, 0.15) is 6.42 Å². The third kappa shape index (κ3) is 8.36. The summed E-state index contributed by atoms with van der Waals surface area (Å²) in [6, 6.07) is 9.27. The van der Waals surface area contributed by atoms with Gasteiger partial charge in [0, 0.05) is 0 Å². The zero-order chi connectivity index (χ0) is 14.8. The molecular weight excluding hydrogens is 273 g/mol. The molecule has 0 saturated carbocycles. The van der Waals surface area contributed by atoms with Gasteiger partial charge in [-0.05, 0) is 25.1 Å². The Labute approximate surface area is 115 Å². The number of halogens is 3. The first-order valence-corrected chi connectivity index (χ1v) is 6.19. The molecule has 0 radical (unpaired) electrons. The second kappa shape index (κ2) is 8.42. The van der Waals surface area contributed by atoms with Crippen LogP contribution in [0.4, 0.5) is 13.2 Å². The maximum absolute atomic E-state index is 11.8. The number of nitrogens with one attached hydrogen (secondary N) is 2. The van der Waals surface area contributed by atoms with E-state index in [2.05, 4.69) is 5.32 Å². The summed E-state index contributed by atoms with van der Waals surface area (Å²) in [5, 5.41) is 4.53. The number of carbonyl (C=O) groups excluding carboxylic acids is 1. The van der Waals surface area contributed by atoms with Crippen molar-refractivity contribution in [1.29, 1.82) is 0 Å². The quantitative estimate of drug-likeness (QED) is 0.717. The fourth-order valence-electron chi connectivity index (χ4n) is 1.37. The van der Waals surface area contributed by atoms with Crippen LogP contribution >= 0.6 is 0 Å². The van der Waals surface area contributed by atoms with Crippen LogP contribution in [0, 0.1) is 0 Å². The molecule has 0 aliphatic rings. The second-order valence-electron chi connectivity index (χ2n) is 4.08. The molecule has 1 amide bonds. The molecule has 0 fully saturated rings. The highest BCUT2D eigenvalue weighted by molar-refractivity contribution is 5.77. The lowest BCUT2D eigenvalue weighted by atomic mass is 10.3. The fraction of sp³-hybridized carbons (Fsp3) is 0.462. The predicted molar refractivity (Wildman–Crippen MR) is 68.5 cm³/mol. The Bertz CT molecular complexity index is 396. The van der Waals surface area contributed by atoms with Crippen LogP contribution in [0.15, 0.2) is 30.3 Å². The SMILES string of the molecule is O=C(CNCCCOc1ccccc1)NCC(F)(F)F. The number of hydrogen-bond acceptors (Lipinski definition) is 3. The van der Waals surface area contributed by atoms with Crippen molar-refractivity contribution in [3.05, 3.63) is 30.3 Å².